The summed E-state index contributed by atoms with van der Waals surface area (Å²) in [5.41, 5.74) is 2.38. The lowest BCUT2D eigenvalue weighted by Crippen LogP contribution is -2.40. The standard InChI is InChI=1S/C12H22N2OS/c1-5-12(15,6-2)7-13-9(3)11-10(4)14-8-16-11/h8-9,13,15H,5-7H2,1-4H3. The van der Waals surface area contributed by atoms with Gasteiger partial charge in [-0.2, -0.15) is 0 Å². The molecule has 3 nitrogen and oxygen atoms in total. The van der Waals surface area contributed by atoms with Crippen LogP contribution in [0.5, 0.6) is 0 Å². The molecule has 4 heteroatoms. The second kappa shape index (κ2) is 5.75. The summed E-state index contributed by atoms with van der Waals surface area (Å²) in [6.07, 6.45) is 1.57. The fourth-order valence-corrected chi connectivity index (χ4v) is 2.50. The van der Waals surface area contributed by atoms with E-state index >= 15 is 0 Å². The zero-order valence-corrected chi connectivity index (χ0v) is 11.4. The van der Waals surface area contributed by atoms with Crippen LogP contribution in [0.25, 0.3) is 0 Å². The van der Waals surface area contributed by atoms with Crippen molar-refractivity contribution in [3.63, 3.8) is 0 Å². The van der Waals surface area contributed by atoms with Crippen molar-refractivity contribution >= 4 is 11.3 Å². The monoisotopic (exact) mass is 242 g/mol. The Labute approximate surface area is 102 Å². The lowest BCUT2D eigenvalue weighted by molar-refractivity contribution is 0.0304. The van der Waals surface area contributed by atoms with Gasteiger partial charge in [-0.1, -0.05) is 13.8 Å². The van der Waals surface area contributed by atoms with Crippen molar-refractivity contribution in [3.05, 3.63) is 16.1 Å². The van der Waals surface area contributed by atoms with Gasteiger partial charge in [-0.25, -0.2) is 4.98 Å². The number of aliphatic hydroxyl groups is 1. The van der Waals surface area contributed by atoms with Gasteiger partial charge in [-0.15, -0.1) is 11.3 Å². The average molecular weight is 242 g/mol. The maximum absolute atomic E-state index is 10.2. The van der Waals surface area contributed by atoms with E-state index in [1.807, 2.05) is 26.3 Å². The summed E-state index contributed by atoms with van der Waals surface area (Å²) in [6, 6.07) is 0.261. The largest absolute Gasteiger partial charge is 0.389 e. The first-order valence-corrected chi connectivity index (χ1v) is 6.76. The predicted octanol–water partition coefficient (Wildman–Crippen LogP) is 2.65. The lowest BCUT2D eigenvalue weighted by Gasteiger charge is -2.27. The first-order chi connectivity index (χ1) is 7.52. The minimum Gasteiger partial charge on any atom is -0.389 e. The fraction of sp³-hybridized carbons (Fsp3) is 0.750. The highest BCUT2D eigenvalue weighted by atomic mass is 32.1. The molecule has 0 aliphatic rings. The highest BCUT2D eigenvalue weighted by Crippen LogP contribution is 2.22. The van der Waals surface area contributed by atoms with Crippen molar-refractivity contribution in [2.45, 2.75) is 52.2 Å². The molecule has 1 atom stereocenters. The summed E-state index contributed by atoms with van der Waals surface area (Å²) >= 11 is 1.67. The van der Waals surface area contributed by atoms with Crippen LogP contribution >= 0.6 is 11.3 Å². The Morgan fingerprint density at radius 2 is 2.12 bits per heavy atom. The third-order valence-electron chi connectivity index (χ3n) is 3.23. The molecule has 0 fully saturated rings. The van der Waals surface area contributed by atoms with Crippen LogP contribution in [0.3, 0.4) is 0 Å². The SMILES string of the molecule is CCC(O)(CC)CNC(C)c1scnc1C. The van der Waals surface area contributed by atoms with E-state index in [0.717, 1.165) is 18.5 Å². The van der Waals surface area contributed by atoms with Gasteiger partial charge in [0.15, 0.2) is 0 Å². The molecule has 0 aromatic carbocycles. The molecule has 0 bridgehead atoms. The van der Waals surface area contributed by atoms with Gasteiger partial charge in [0.05, 0.1) is 16.8 Å². The summed E-state index contributed by atoms with van der Waals surface area (Å²) in [6.45, 7) is 8.82. The van der Waals surface area contributed by atoms with Gasteiger partial charge >= 0.3 is 0 Å². The van der Waals surface area contributed by atoms with E-state index in [2.05, 4.69) is 17.2 Å². The van der Waals surface area contributed by atoms with Crippen molar-refractivity contribution in [1.82, 2.24) is 10.3 Å². The Kier molecular flexibility index (Phi) is 4.89. The van der Waals surface area contributed by atoms with Gasteiger partial charge in [0.25, 0.3) is 0 Å². The van der Waals surface area contributed by atoms with Crippen LogP contribution in [0.15, 0.2) is 5.51 Å². The number of hydrogen-bond acceptors (Lipinski definition) is 4. The Hall–Kier alpha value is -0.450. The summed E-state index contributed by atoms with van der Waals surface area (Å²) in [4.78, 5) is 5.50. The summed E-state index contributed by atoms with van der Waals surface area (Å²) in [5, 5.41) is 13.6. The van der Waals surface area contributed by atoms with Crippen LogP contribution < -0.4 is 5.32 Å². The van der Waals surface area contributed by atoms with Gasteiger partial charge in [0.1, 0.15) is 0 Å². The smallest absolute Gasteiger partial charge is 0.0798 e. The van der Waals surface area contributed by atoms with Gasteiger partial charge in [-0.05, 0) is 26.7 Å². The molecule has 1 heterocycles. The van der Waals surface area contributed by atoms with E-state index in [9.17, 15) is 5.11 Å². The lowest BCUT2D eigenvalue weighted by atomic mass is 9.97. The molecule has 0 saturated heterocycles. The van der Waals surface area contributed by atoms with E-state index in [1.54, 1.807) is 11.3 Å². The molecule has 0 spiro atoms. The third-order valence-corrected chi connectivity index (χ3v) is 4.34. The van der Waals surface area contributed by atoms with Crippen molar-refractivity contribution in [1.29, 1.82) is 0 Å². The maximum atomic E-state index is 10.2. The number of hydrogen-bond donors (Lipinski definition) is 2. The van der Waals surface area contributed by atoms with Gasteiger partial charge < -0.3 is 10.4 Å². The minimum absolute atomic E-state index is 0.261. The average Bonchev–Trinajstić information content (AvgIpc) is 2.72. The molecule has 1 rings (SSSR count). The zero-order valence-electron chi connectivity index (χ0n) is 10.6. The minimum atomic E-state index is -0.577. The van der Waals surface area contributed by atoms with Crippen LogP contribution in [0.4, 0.5) is 0 Å². The molecule has 0 amide bonds. The van der Waals surface area contributed by atoms with Crippen molar-refractivity contribution in [3.8, 4) is 0 Å². The topological polar surface area (TPSA) is 45.1 Å². The number of rotatable bonds is 6. The van der Waals surface area contributed by atoms with E-state index < -0.39 is 5.60 Å². The van der Waals surface area contributed by atoms with Crippen LogP contribution in [0.2, 0.25) is 0 Å². The van der Waals surface area contributed by atoms with E-state index in [0.29, 0.717) is 6.54 Å². The summed E-state index contributed by atoms with van der Waals surface area (Å²) in [7, 11) is 0. The van der Waals surface area contributed by atoms with Crippen LogP contribution in [-0.2, 0) is 0 Å². The zero-order chi connectivity index (χ0) is 12.2. The molecule has 1 aromatic rings. The quantitative estimate of drug-likeness (QED) is 0.806. The highest BCUT2D eigenvalue weighted by Gasteiger charge is 2.23. The van der Waals surface area contributed by atoms with Crippen LogP contribution in [0, 0.1) is 6.92 Å². The molecule has 1 unspecified atom stereocenters. The van der Waals surface area contributed by atoms with Gasteiger partial charge in [0.2, 0.25) is 0 Å². The third kappa shape index (κ3) is 3.27. The number of nitrogens with one attached hydrogen (secondary N) is 1. The van der Waals surface area contributed by atoms with Crippen molar-refractivity contribution in [2.75, 3.05) is 6.54 Å². The normalized spacial score (nSPS) is 14.1. The van der Waals surface area contributed by atoms with Crippen molar-refractivity contribution < 1.29 is 5.11 Å². The van der Waals surface area contributed by atoms with Crippen LogP contribution in [-0.4, -0.2) is 22.2 Å². The number of aryl methyl sites for hydroxylation is 1. The Bertz CT molecular complexity index is 321. The molecule has 0 saturated carbocycles. The van der Waals surface area contributed by atoms with E-state index in [-0.39, 0.29) is 6.04 Å². The molecule has 0 aliphatic heterocycles. The Morgan fingerprint density at radius 3 is 2.56 bits per heavy atom. The van der Waals surface area contributed by atoms with Crippen LogP contribution in [0.1, 0.15) is 50.2 Å². The molecule has 2 N–H and O–H groups in total. The van der Waals surface area contributed by atoms with E-state index in [1.165, 1.54) is 4.88 Å². The van der Waals surface area contributed by atoms with Gasteiger partial charge in [-0.3, -0.25) is 0 Å². The molecular formula is C12H22N2OS. The maximum Gasteiger partial charge on any atom is 0.0798 e. The molecule has 0 aliphatic carbocycles. The highest BCUT2D eigenvalue weighted by molar-refractivity contribution is 7.09. The molecule has 0 radical (unpaired) electrons. The molecular weight excluding hydrogens is 220 g/mol. The Balaban J connectivity index is 2.53. The van der Waals surface area contributed by atoms with Gasteiger partial charge in [0, 0.05) is 17.5 Å². The predicted molar refractivity (Wildman–Crippen MR) is 68.8 cm³/mol. The first kappa shape index (κ1) is 13.6. The number of nitrogens with zero attached hydrogens (tertiary/aromatic N) is 1. The number of thiazole rings is 1. The molecule has 1 aromatic heterocycles. The fourth-order valence-electron chi connectivity index (χ4n) is 1.66. The van der Waals surface area contributed by atoms with E-state index in [4.69, 9.17) is 0 Å². The molecule has 16 heavy (non-hydrogen) atoms. The first-order valence-electron chi connectivity index (χ1n) is 5.88. The molecule has 92 valence electrons. The second-order valence-corrected chi connectivity index (χ2v) is 5.22. The number of aromatic nitrogens is 1. The summed E-state index contributed by atoms with van der Waals surface area (Å²) < 4.78 is 0. The second-order valence-electron chi connectivity index (χ2n) is 4.34. The Morgan fingerprint density at radius 1 is 1.50 bits per heavy atom. The van der Waals surface area contributed by atoms with Crippen molar-refractivity contribution in [2.24, 2.45) is 0 Å². The summed E-state index contributed by atoms with van der Waals surface area (Å²) in [5.74, 6) is 0.